The van der Waals surface area contributed by atoms with Gasteiger partial charge in [0.25, 0.3) is 0 Å². The van der Waals surface area contributed by atoms with Gasteiger partial charge in [0.2, 0.25) is 0 Å². The van der Waals surface area contributed by atoms with Crippen LogP contribution in [0.3, 0.4) is 0 Å². The summed E-state index contributed by atoms with van der Waals surface area (Å²) < 4.78 is 0. The number of carboxylic acids is 1. The van der Waals surface area contributed by atoms with Crippen molar-refractivity contribution in [3.8, 4) is 11.8 Å². The molecular weight excluding hydrogens is 163 g/mol. The van der Waals surface area contributed by atoms with Gasteiger partial charge in [-0.25, -0.2) is 4.79 Å². The molecule has 3 heteroatoms. The van der Waals surface area contributed by atoms with E-state index in [2.05, 4.69) is 5.92 Å². The van der Waals surface area contributed by atoms with Crippen LogP contribution in [-0.2, 0) is 4.79 Å². The van der Waals surface area contributed by atoms with E-state index in [1.54, 1.807) is 12.1 Å². The van der Waals surface area contributed by atoms with E-state index in [4.69, 9.17) is 5.11 Å². The third-order valence-corrected chi connectivity index (χ3v) is 1.09. The first-order valence-electron chi connectivity index (χ1n) is 3.09. The molecule has 0 aliphatic heterocycles. The molecule has 12 heavy (non-hydrogen) atoms. The molecule has 2 nitrogen and oxygen atoms in total. The normalized spacial score (nSPS) is 7.33. The van der Waals surface area contributed by atoms with Crippen LogP contribution in [0.2, 0.25) is 0 Å². The van der Waals surface area contributed by atoms with Crippen molar-refractivity contribution in [1.29, 1.82) is 0 Å². The molecule has 0 heterocycles. The maximum atomic E-state index is 10.00. The first-order chi connectivity index (χ1) is 5.29. The van der Waals surface area contributed by atoms with Crippen LogP contribution < -0.4 is 29.6 Å². The first kappa shape index (κ1) is 11.2. The van der Waals surface area contributed by atoms with Crippen molar-refractivity contribution in [2.24, 2.45) is 0 Å². The van der Waals surface area contributed by atoms with Crippen molar-refractivity contribution in [2.75, 3.05) is 0 Å². The van der Waals surface area contributed by atoms with Crippen LogP contribution in [0.1, 0.15) is 6.99 Å². The van der Waals surface area contributed by atoms with Gasteiger partial charge in [-0.1, -0.05) is 24.1 Å². The maximum Gasteiger partial charge on any atom is 1.00 e. The maximum absolute atomic E-state index is 10.00. The van der Waals surface area contributed by atoms with Crippen LogP contribution in [0.5, 0.6) is 0 Å². The van der Waals surface area contributed by atoms with Gasteiger partial charge >= 0.3 is 35.5 Å². The van der Waals surface area contributed by atoms with Crippen molar-refractivity contribution in [2.45, 2.75) is 0 Å². The summed E-state index contributed by atoms with van der Waals surface area (Å²) in [5.41, 5.74) is 0.718. The molecular formula is C9H7NaO2. The zero-order chi connectivity index (χ0) is 8.10. The Kier molecular flexibility index (Phi) is 5.48. The average Bonchev–Trinajstić information content (AvgIpc) is 2.03. The van der Waals surface area contributed by atoms with Gasteiger partial charge in [0, 0.05) is 11.5 Å². The molecule has 1 aromatic carbocycles. The fourth-order valence-electron chi connectivity index (χ4n) is 0.647. The third kappa shape index (κ3) is 4.20. The standard InChI is InChI=1S/C9H6O2.Na.H/c10-9(11)7-6-8-4-2-1-3-5-8;;/h1-5H,(H,10,11);;/q;+1;-1. The second-order valence-electron chi connectivity index (χ2n) is 1.92. The second-order valence-corrected chi connectivity index (χ2v) is 1.92. The molecule has 1 aromatic rings. The SMILES string of the molecule is O=C(O)C#Cc1ccccc1.[H-].[Na+]. The van der Waals surface area contributed by atoms with Crippen LogP contribution in [0.4, 0.5) is 0 Å². The van der Waals surface area contributed by atoms with Gasteiger partial charge in [-0.05, 0) is 12.1 Å². The van der Waals surface area contributed by atoms with Gasteiger partial charge in [0.05, 0.1) is 0 Å². The van der Waals surface area contributed by atoms with Crippen LogP contribution in [0.25, 0.3) is 0 Å². The number of carbonyl (C=O) groups is 1. The van der Waals surface area contributed by atoms with Crippen molar-refractivity contribution < 1.29 is 40.9 Å². The van der Waals surface area contributed by atoms with Gasteiger partial charge in [0.15, 0.2) is 0 Å². The molecule has 0 aromatic heterocycles. The Hall–Kier alpha value is -0.750. The zero-order valence-electron chi connectivity index (χ0n) is 7.74. The Morgan fingerprint density at radius 3 is 2.42 bits per heavy atom. The number of aliphatic carboxylic acids is 1. The summed E-state index contributed by atoms with van der Waals surface area (Å²) in [7, 11) is 0. The van der Waals surface area contributed by atoms with Crippen LogP contribution >= 0.6 is 0 Å². The van der Waals surface area contributed by atoms with E-state index in [-0.39, 0.29) is 31.0 Å². The molecule has 1 rings (SSSR count). The Morgan fingerprint density at radius 1 is 1.33 bits per heavy atom. The van der Waals surface area contributed by atoms with Gasteiger partial charge in [0.1, 0.15) is 0 Å². The third-order valence-electron chi connectivity index (χ3n) is 1.09. The summed E-state index contributed by atoms with van der Waals surface area (Å²) >= 11 is 0. The van der Waals surface area contributed by atoms with Gasteiger partial charge in [-0.15, -0.1) is 0 Å². The summed E-state index contributed by atoms with van der Waals surface area (Å²) in [6.45, 7) is 0. The predicted molar refractivity (Wildman–Crippen MR) is 42.1 cm³/mol. The molecule has 0 aliphatic carbocycles. The minimum absolute atomic E-state index is 0. The van der Waals surface area contributed by atoms with Crippen molar-refractivity contribution >= 4 is 5.97 Å². The van der Waals surface area contributed by atoms with Crippen molar-refractivity contribution in [3.63, 3.8) is 0 Å². The molecule has 0 saturated carbocycles. The summed E-state index contributed by atoms with van der Waals surface area (Å²) in [6, 6.07) is 9.00. The van der Waals surface area contributed by atoms with E-state index in [0.717, 1.165) is 5.56 Å². The molecule has 0 spiro atoms. The number of hydrogen-bond donors (Lipinski definition) is 1. The van der Waals surface area contributed by atoms with Gasteiger partial charge in [-0.2, -0.15) is 0 Å². The van der Waals surface area contributed by atoms with Crippen molar-refractivity contribution in [1.82, 2.24) is 0 Å². The summed E-state index contributed by atoms with van der Waals surface area (Å²) in [4.78, 5) is 10.00. The molecule has 0 aliphatic rings. The molecule has 0 bridgehead atoms. The average molecular weight is 170 g/mol. The fourth-order valence-corrected chi connectivity index (χ4v) is 0.647. The number of rotatable bonds is 0. The molecule has 56 valence electrons. The van der Waals surface area contributed by atoms with Crippen molar-refractivity contribution in [3.05, 3.63) is 35.9 Å². The zero-order valence-corrected chi connectivity index (χ0v) is 8.74. The topological polar surface area (TPSA) is 37.3 Å². The molecule has 0 radical (unpaired) electrons. The number of benzene rings is 1. The summed E-state index contributed by atoms with van der Waals surface area (Å²) in [5, 5.41) is 8.20. The molecule has 0 fully saturated rings. The van der Waals surface area contributed by atoms with E-state index in [0.29, 0.717) is 0 Å². The molecule has 0 amide bonds. The quantitative estimate of drug-likeness (QED) is 0.370. The van der Waals surface area contributed by atoms with E-state index < -0.39 is 5.97 Å². The summed E-state index contributed by atoms with van der Waals surface area (Å²) in [6.07, 6.45) is 0. The molecule has 0 atom stereocenters. The van der Waals surface area contributed by atoms with E-state index in [9.17, 15) is 4.79 Å². The molecule has 1 N–H and O–H groups in total. The largest absolute Gasteiger partial charge is 1.00 e. The smallest absolute Gasteiger partial charge is 1.00 e. The minimum Gasteiger partial charge on any atom is -1.00 e. The van der Waals surface area contributed by atoms with Gasteiger partial charge < -0.3 is 6.53 Å². The first-order valence-corrected chi connectivity index (χ1v) is 3.09. The summed E-state index contributed by atoms with van der Waals surface area (Å²) in [5.74, 6) is 3.42. The van der Waals surface area contributed by atoms with E-state index >= 15 is 0 Å². The fraction of sp³-hybridized carbons (Fsp3) is 0. The predicted octanol–water partition coefficient (Wildman–Crippen LogP) is -1.76. The minimum atomic E-state index is -1.10. The molecule has 0 saturated heterocycles. The van der Waals surface area contributed by atoms with Crippen LogP contribution in [0.15, 0.2) is 30.3 Å². The Morgan fingerprint density at radius 2 is 1.92 bits per heavy atom. The van der Waals surface area contributed by atoms with Gasteiger partial charge in [-0.3, -0.25) is 0 Å². The Labute approximate surface area is 94.4 Å². The Balaban J connectivity index is 0. The monoisotopic (exact) mass is 170 g/mol. The second kappa shape index (κ2) is 5.84. The van der Waals surface area contributed by atoms with E-state index in [1.807, 2.05) is 24.1 Å². The van der Waals surface area contributed by atoms with E-state index in [1.165, 1.54) is 0 Å². The van der Waals surface area contributed by atoms with Crippen LogP contribution in [-0.4, -0.2) is 11.1 Å². The molecule has 0 unspecified atom stereocenters. The Bertz CT molecular complexity index is 313. The number of hydrogen-bond acceptors (Lipinski definition) is 1. The number of carboxylic acid groups (broad SMARTS) is 1. The van der Waals surface area contributed by atoms with Crippen LogP contribution in [0, 0.1) is 11.8 Å².